The van der Waals surface area contributed by atoms with Crippen LogP contribution in [0.3, 0.4) is 0 Å². The molecule has 2 aromatic rings. The Kier molecular flexibility index (Phi) is 3.95. The predicted molar refractivity (Wildman–Crippen MR) is 90.0 cm³/mol. The van der Waals surface area contributed by atoms with Crippen LogP contribution in [0.15, 0.2) is 4.79 Å². The van der Waals surface area contributed by atoms with Crippen LogP contribution in [0, 0.1) is 0 Å². The van der Waals surface area contributed by atoms with E-state index in [0.717, 1.165) is 36.6 Å². The lowest BCUT2D eigenvalue weighted by Crippen LogP contribution is -2.21. The third kappa shape index (κ3) is 2.60. The maximum Gasteiger partial charge on any atom is 0.277 e. The predicted octanol–water partition coefficient (Wildman–Crippen LogP) is 3.69. The molecule has 2 aromatic heterocycles. The van der Waals surface area contributed by atoms with Crippen LogP contribution in [0.4, 0.5) is 0 Å². The Morgan fingerprint density at radius 1 is 1.04 bits per heavy atom. The summed E-state index contributed by atoms with van der Waals surface area (Å²) in [4.78, 5) is 20.6. The van der Waals surface area contributed by atoms with Crippen molar-refractivity contribution in [3.05, 3.63) is 27.7 Å². The van der Waals surface area contributed by atoms with Gasteiger partial charge in [-0.1, -0.05) is 39.0 Å². The molecule has 0 amide bonds. The van der Waals surface area contributed by atoms with E-state index in [-0.39, 0.29) is 5.56 Å². The number of hydrogen-bond donors (Lipinski definition) is 1. The van der Waals surface area contributed by atoms with Gasteiger partial charge in [0.25, 0.3) is 5.56 Å². The fourth-order valence-electron chi connectivity index (χ4n) is 4.37. The molecule has 0 radical (unpaired) electrons. The Labute approximate surface area is 136 Å². The molecule has 23 heavy (non-hydrogen) atoms. The molecule has 0 bridgehead atoms. The lowest BCUT2D eigenvalue weighted by Gasteiger charge is -2.20. The first-order chi connectivity index (χ1) is 11.3. The normalized spacial score (nSPS) is 20.6. The summed E-state index contributed by atoms with van der Waals surface area (Å²) >= 11 is 0. The minimum absolute atomic E-state index is 0.00540. The first-order valence-corrected chi connectivity index (χ1v) is 9.29. The molecule has 4 rings (SSSR count). The van der Waals surface area contributed by atoms with Gasteiger partial charge in [-0.05, 0) is 32.1 Å². The molecule has 0 spiro atoms. The minimum Gasteiger partial charge on any atom is -0.307 e. The number of H-pyrrole nitrogens is 1. The third-order valence-electron chi connectivity index (χ3n) is 5.66. The Bertz CT molecular complexity index is 748. The van der Waals surface area contributed by atoms with Gasteiger partial charge in [-0.3, -0.25) is 4.79 Å². The average Bonchev–Trinajstić information content (AvgIpc) is 3.22. The fraction of sp³-hybridized carbons (Fsp3) is 0.722. The molecular weight excluding hydrogens is 288 g/mol. The number of aryl methyl sites for hydroxylation is 1. The van der Waals surface area contributed by atoms with Crippen molar-refractivity contribution in [1.82, 2.24) is 19.6 Å². The van der Waals surface area contributed by atoms with Gasteiger partial charge in [-0.15, -0.1) is 0 Å². The number of imidazole rings is 1. The topological polar surface area (TPSA) is 63.1 Å². The van der Waals surface area contributed by atoms with Crippen LogP contribution >= 0.6 is 0 Å². The quantitative estimate of drug-likeness (QED) is 0.940. The molecule has 1 N–H and O–H groups in total. The number of aromatic amines is 1. The molecule has 2 heterocycles. The van der Waals surface area contributed by atoms with Crippen molar-refractivity contribution < 1.29 is 0 Å². The van der Waals surface area contributed by atoms with Gasteiger partial charge in [0.05, 0.1) is 5.69 Å². The fourth-order valence-corrected chi connectivity index (χ4v) is 4.37. The molecule has 0 aliphatic heterocycles. The molecule has 5 nitrogen and oxygen atoms in total. The van der Waals surface area contributed by atoms with Crippen molar-refractivity contribution in [2.45, 2.75) is 83.0 Å². The molecular formula is C18H26N4O. The summed E-state index contributed by atoms with van der Waals surface area (Å²) in [6.45, 7) is 2.06. The second-order valence-electron chi connectivity index (χ2n) is 7.19. The maximum atomic E-state index is 12.7. The molecule has 0 atom stereocenters. The molecule has 124 valence electrons. The van der Waals surface area contributed by atoms with E-state index in [2.05, 4.69) is 11.9 Å². The summed E-state index contributed by atoms with van der Waals surface area (Å²) < 4.78 is 1.90. The third-order valence-corrected chi connectivity index (χ3v) is 5.66. The lowest BCUT2D eigenvalue weighted by molar-refractivity contribution is 0.422. The number of fused-ring (bicyclic) bond motifs is 1. The van der Waals surface area contributed by atoms with Gasteiger partial charge >= 0.3 is 0 Å². The summed E-state index contributed by atoms with van der Waals surface area (Å²) in [5.41, 5.74) is 1.57. The van der Waals surface area contributed by atoms with Crippen LogP contribution in [-0.4, -0.2) is 19.6 Å². The van der Waals surface area contributed by atoms with Gasteiger partial charge in [0.2, 0.25) is 0 Å². The molecule has 0 saturated heterocycles. The zero-order valence-corrected chi connectivity index (χ0v) is 14.0. The summed E-state index contributed by atoms with van der Waals surface area (Å²) in [5, 5.41) is 4.87. The molecule has 0 aromatic carbocycles. The first-order valence-electron chi connectivity index (χ1n) is 9.29. The maximum absolute atomic E-state index is 12.7. The number of nitrogens with zero attached hydrogens (tertiary/aromatic N) is 3. The van der Waals surface area contributed by atoms with E-state index in [1.54, 1.807) is 0 Å². The van der Waals surface area contributed by atoms with Gasteiger partial charge in [0, 0.05) is 11.8 Å². The molecule has 2 saturated carbocycles. The van der Waals surface area contributed by atoms with E-state index >= 15 is 0 Å². The Hall–Kier alpha value is -1.65. The van der Waals surface area contributed by atoms with Crippen LogP contribution in [0.1, 0.15) is 93.9 Å². The highest BCUT2D eigenvalue weighted by molar-refractivity contribution is 5.51. The highest BCUT2D eigenvalue weighted by Gasteiger charge is 2.26. The Morgan fingerprint density at radius 3 is 2.39 bits per heavy atom. The summed E-state index contributed by atoms with van der Waals surface area (Å²) in [6.07, 6.45) is 11.7. The zero-order valence-electron chi connectivity index (χ0n) is 14.0. The van der Waals surface area contributed by atoms with E-state index in [0.29, 0.717) is 17.4 Å². The summed E-state index contributed by atoms with van der Waals surface area (Å²) in [5.74, 6) is 2.78. The Balaban J connectivity index is 1.85. The van der Waals surface area contributed by atoms with Gasteiger partial charge in [0.15, 0.2) is 5.52 Å². The van der Waals surface area contributed by atoms with E-state index in [4.69, 9.17) is 10.1 Å². The van der Waals surface area contributed by atoms with E-state index < -0.39 is 0 Å². The monoisotopic (exact) mass is 314 g/mol. The van der Waals surface area contributed by atoms with Crippen molar-refractivity contribution in [2.24, 2.45) is 0 Å². The van der Waals surface area contributed by atoms with Crippen LogP contribution in [0.5, 0.6) is 0 Å². The van der Waals surface area contributed by atoms with Crippen molar-refractivity contribution in [2.75, 3.05) is 0 Å². The number of rotatable bonds is 3. The molecule has 5 heteroatoms. The number of nitrogens with one attached hydrogen (secondary N) is 1. The van der Waals surface area contributed by atoms with Crippen molar-refractivity contribution in [3.63, 3.8) is 0 Å². The van der Waals surface area contributed by atoms with Crippen LogP contribution < -0.4 is 5.56 Å². The number of aromatic nitrogens is 4. The average molecular weight is 314 g/mol. The molecule has 2 aliphatic rings. The highest BCUT2D eigenvalue weighted by atomic mass is 16.1. The second-order valence-corrected chi connectivity index (χ2v) is 7.19. The van der Waals surface area contributed by atoms with Crippen molar-refractivity contribution in [1.29, 1.82) is 0 Å². The van der Waals surface area contributed by atoms with E-state index in [1.165, 1.54) is 44.9 Å². The lowest BCUT2D eigenvalue weighted by atomic mass is 9.89. The molecule has 2 aliphatic carbocycles. The second kappa shape index (κ2) is 6.10. The number of hydrogen-bond acceptors (Lipinski definition) is 3. The van der Waals surface area contributed by atoms with Gasteiger partial charge in [-0.25, -0.2) is 9.50 Å². The van der Waals surface area contributed by atoms with Gasteiger partial charge in [0.1, 0.15) is 11.6 Å². The minimum atomic E-state index is -0.00540. The Morgan fingerprint density at radius 2 is 1.70 bits per heavy atom. The SMILES string of the molecule is CCc1nc(C2CCCC2)n2nc(C3CCCCC3)[nH]c(=O)c12. The smallest absolute Gasteiger partial charge is 0.277 e. The van der Waals surface area contributed by atoms with Gasteiger partial charge < -0.3 is 4.98 Å². The zero-order chi connectivity index (χ0) is 15.8. The van der Waals surface area contributed by atoms with Gasteiger partial charge in [-0.2, -0.15) is 5.10 Å². The van der Waals surface area contributed by atoms with Crippen LogP contribution in [-0.2, 0) is 6.42 Å². The summed E-state index contributed by atoms with van der Waals surface area (Å²) in [7, 11) is 0. The largest absolute Gasteiger partial charge is 0.307 e. The molecule has 2 fully saturated rings. The highest BCUT2D eigenvalue weighted by Crippen LogP contribution is 2.34. The van der Waals surface area contributed by atoms with Crippen LogP contribution in [0.2, 0.25) is 0 Å². The molecule has 0 unspecified atom stereocenters. The van der Waals surface area contributed by atoms with Crippen molar-refractivity contribution >= 4 is 5.52 Å². The standard InChI is InChI=1S/C18H26N4O/c1-2-14-15-18(23)20-16(12-8-4-3-5-9-12)21-22(15)17(19-14)13-10-6-7-11-13/h12-13H,2-11H2,1H3,(H,20,21,23). The first kappa shape index (κ1) is 14.9. The van der Waals surface area contributed by atoms with Crippen LogP contribution in [0.25, 0.3) is 5.52 Å². The van der Waals surface area contributed by atoms with Crippen molar-refractivity contribution in [3.8, 4) is 0 Å². The van der Waals surface area contributed by atoms with E-state index in [9.17, 15) is 4.79 Å². The summed E-state index contributed by atoms with van der Waals surface area (Å²) in [6, 6.07) is 0. The van der Waals surface area contributed by atoms with E-state index in [1.807, 2.05) is 4.52 Å².